The number of thioether (sulfide) groups is 1. The Morgan fingerprint density at radius 3 is 2.63 bits per heavy atom. The molecule has 1 fully saturated rings. The SMILES string of the molecule is CCC1CSC2=NC(c3ccccn3)C(c3cc(C)n(-c4ccc(O)cc4)c3C)N21. The Morgan fingerprint density at radius 2 is 1.93 bits per heavy atom. The smallest absolute Gasteiger partial charge is 0.160 e. The van der Waals surface area contributed by atoms with Gasteiger partial charge in [0.1, 0.15) is 11.8 Å². The van der Waals surface area contributed by atoms with Crippen molar-refractivity contribution in [1.82, 2.24) is 14.5 Å². The lowest BCUT2D eigenvalue weighted by molar-refractivity contribution is 0.254. The molecule has 6 heteroatoms. The summed E-state index contributed by atoms with van der Waals surface area (Å²) < 4.78 is 2.27. The summed E-state index contributed by atoms with van der Waals surface area (Å²) in [6.07, 6.45) is 2.97. The van der Waals surface area contributed by atoms with Crippen molar-refractivity contribution in [2.24, 2.45) is 4.99 Å². The van der Waals surface area contributed by atoms with Gasteiger partial charge in [0.15, 0.2) is 5.17 Å². The van der Waals surface area contributed by atoms with E-state index in [9.17, 15) is 5.11 Å². The average molecular weight is 419 g/mol. The molecule has 0 radical (unpaired) electrons. The van der Waals surface area contributed by atoms with E-state index in [4.69, 9.17) is 4.99 Å². The number of aromatic hydroxyl groups is 1. The van der Waals surface area contributed by atoms with Gasteiger partial charge in [0, 0.05) is 35.1 Å². The Kier molecular flexibility index (Phi) is 4.82. The van der Waals surface area contributed by atoms with Gasteiger partial charge in [-0.25, -0.2) is 0 Å². The number of phenolic OH excluding ortho intramolecular Hbond substituents is 1. The van der Waals surface area contributed by atoms with Gasteiger partial charge < -0.3 is 14.6 Å². The normalized spacial score (nSPS) is 23.0. The number of amidine groups is 1. The minimum atomic E-state index is -0.00295. The van der Waals surface area contributed by atoms with Crippen LogP contribution in [0.25, 0.3) is 5.69 Å². The van der Waals surface area contributed by atoms with Crippen LogP contribution in [0.1, 0.15) is 48.1 Å². The van der Waals surface area contributed by atoms with Crippen LogP contribution in [0.4, 0.5) is 0 Å². The monoisotopic (exact) mass is 418 g/mol. The first-order valence-electron chi connectivity index (χ1n) is 10.5. The van der Waals surface area contributed by atoms with E-state index in [1.54, 1.807) is 12.1 Å². The second-order valence-corrected chi connectivity index (χ2v) is 9.00. The van der Waals surface area contributed by atoms with Gasteiger partial charge in [0.2, 0.25) is 0 Å². The first-order valence-corrected chi connectivity index (χ1v) is 11.4. The van der Waals surface area contributed by atoms with Gasteiger partial charge in [-0.3, -0.25) is 9.98 Å². The summed E-state index contributed by atoms with van der Waals surface area (Å²) in [6, 6.07) is 16.4. The Labute approximate surface area is 181 Å². The van der Waals surface area contributed by atoms with Crippen molar-refractivity contribution in [2.45, 2.75) is 45.3 Å². The molecule has 5 nitrogen and oxygen atoms in total. The van der Waals surface area contributed by atoms with Crippen molar-refractivity contribution in [3.8, 4) is 11.4 Å². The first kappa shape index (κ1) is 19.2. The summed E-state index contributed by atoms with van der Waals surface area (Å²) in [5.74, 6) is 1.38. The third-order valence-corrected chi connectivity index (χ3v) is 7.35. The molecule has 3 aromatic rings. The number of rotatable bonds is 4. The van der Waals surface area contributed by atoms with Crippen LogP contribution in [0.15, 0.2) is 59.7 Å². The Hall–Kier alpha value is -2.73. The lowest BCUT2D eigenvalue weighted by Gasteiger charge is -2.32. The minimum Gasteiger partial charge on any atom is -0.508 e. The molecule has 4 heterocycles. The molecule has 0 aliphatic carbocycles. The summed E-state index contributed by atoms with van der Waals surface area (Å²) in [6.45, 7) is 6.60. The third-order valence-electron chi connectivity index (χ3n) is 6.23. The molecule has 154 valence electrons. The molecular weight excluding hydrogens is 392 g/mol. The van der Waals surface area contributed by atoms with E-state index < -0.39 is 0 Å². The number of fused-ring (bicyclic) bond motifs is 1. The zero-order valence-corrected chi connectivity index (χ0v) is 18.3. The molecule has 2 aromatic heterocycles. The van der Waals surface area contributed by atoms with Crippen LogP contribution >= 0.6 is 11.8 Å². The molecule has 1 saturated heterocycles. The van der Waals surface area contributed by atoms with E-state index in [0.717, 1.165) is 28.7 Å². The van der Waals surface area contributed by atoms with Crippen LogP contribution in [0.2, 0.25) is 0 Å². The topological polar surface area (TPSA) is 53.6 Å². The summed E-state index contributed by atoms with van der Waals surface area (Å²) in [5, 5.41) is 10.8. The van der Waals surface area contributed by atoms with Crippen LogP contribution in [0.3, 0.4) is 0 Å². The Morgan fingerprint density at radius 1 is 1.13 bits per heavy atom. The summed E-state index contributed by atoms with van der Waals surface area (Å²) in [7, 11) is 0. The highest BCUT2D eigenvalue weighted by Gasteiger charge is 2.46. The number of benzene rings is 1. The predicted molar refractivity (Wildman–Crippen MR) is 122 cm³/mol. The molecule has 3 atom stereocenters. The average Bonchev–Trinajstić information content (AvgIpc) is 3.41. The van der Waals surface area contributed by atoms with Gasteiger partial charge in [-0.1, -0.05) is 24.8 Å². The lowest BCUT2D eigenvalue weighted by Crippen LogP contribution is -2.35. The molecule has 30 heavy (non-hydrogen) atoms. The van der Waals surface area contributed by atoms with Crippen molar-refractivity contribution in [3.05, 3.63) is 77.4 Å². The van der Waals surface area contributed by atoms with Crippen LogP contribution in [0.5, 0.6) is 5.75 Å². The van der Waals surface area contributed by atoms with Crippen LogP contribution in [-0.2, 0) is 0 Å². The molecule has 0 amide bonds. The molecule has 0 saturated carbocycles. The molecule has 0 spiro atoms. The second kappa shape index (κ2) is 7.51. The minimum absolute atomic E-state index is 0.00295. The van der Waals surface area contributed by atoms with Gasteiger partial charge in [0.05, 0.1) is 11.7 Å². The number of nitrogens with zero attached hydrogens (tertiary/aromatic N) is 4. The molecule has 2 aliphatic heterocycles. The number of pyridine rings is 1. The van der Waals surface area contributed by atoms with Crippen LogP contribution in [0, 0.1) is 13.8 Å². The van der Waals surface area contributed by atoms with Gasteiger partial charge in [-0.05, 0) is 68.3 Å². The number of aliphatic imine (C=N–C) groups is 1. The number of hydrogen-bond donors (Lipinski definition) is 1. The quantitative estimate of drug-likeness (QED) is 0.635. The zero-order valence-electron chi connectivity index (χ0n) is 17.5. The molecule has 1 N–H and O–H groups in total. The Bertz CT molecular complexity index is 1090. The fourth-order valence-corrected chi connectivity index (χ4v) is 6.11. The van der Waals surface area contributed by atoms with Crippen LogP contribution < -0.4 is 0 Å². The fourth-order valence-electron chi connectivity index (χ4n) is 4.77. The number of aromatic nitrogens is 2. The number of aryl methyl sites for hydroxylation is 1. The molecular formula is C24H26N4OS. The second-order valence-electron chi connectivity index (χ2n) is 8.01. The number of phenols is 1. The summed E-state index contributed by atoms with van der Waals surface area (Å²) >= 11 is 1.87. The van der Waals surface area contributed by atoms with Gasteiger partial charge in [0.25, 0.3) is 0 Å². The van der Waals surface area contributed by atoms with Gasteiger partial charge in [-0.15, -0.1) is 0 Å². The van der Waals surface area contributed by atoms with Crippen molar-refractivity contribution in [2.75, 3.05) is 5.75 Å². The lowest BCUT2D eigenvalue weighted by atomic mass is 9.95. The van der Waals surface area contributed by atoms with E-state index in [1.807, 2.05) is 42.2 Å². The standard InChI is InChI=1S/C24H26N4OS/c1-4-17-14-30-24-26-22(21-7-5-6-12-25-21)23(28(17)24)20-13-15(2)27(16(20)3)18-8-10-19(29)11-9-18/h5-13,17,22-23,29H,4,14H2,1-3H3. The van der Waals surface area contributed by atoms with E-state index in [2.05, 4.69) is 47.4 Å². The maximum atomic E-state index is 9.70. The third kappa shape index (κ3) is 3.01. The molecule has 2 aliphatic rings. The largest absolute Gasteiger partial charge is 0.508 e. The fraction of sp³-hybridized carbons (Fsp3) is 0.333. The van der Waals surface area contributed by atoms with Crippen molar-refractivity contribution in [3.63, 3.8) is 0 Å². The molecule has 1 aromatic carbocycles. The maximum absolute atomic E-state index is 9.70. The van der Waals surface area contributed by atoms with E-state index >= 15 is 0 Å². The number of hydrogen-bond acceptors (Lipinski definition) is 5. The highest BCUT2D eigenvalue weighted by atomic mass is 32.2. The highest BCUT2D eigenvalue weighted by molar-refractivity contribution is 8.14. The van der Waals surface area contributed by atoms with Crippen molar-refractivity contribution >= 4 is 16.9 Å². The zero-order chi connectivity index (χ0) is 20.8. The first-order chi connectivity index (χ1) is 14.6. The van der Waals surface area contributed by atoms with Crippen molar-refractivity contribution in [1.29, 1.82) is 0 Å². The van der Waals surface area contributed by atoms with Gasteiger partial charge >= 0.3 is 0 Å². The highest BCUT2D eigenvalue weighted by Crippen LogP contribution is 2.49. The van der Waals surface area contributed by atoms with E-state index in [0.29, 0.717) is 6.04 Å². The summed E-state index contributed by atoms with van der Waals surface area (Å²) in [5.41, 5.74) is 5.78. The van der Waals surface area contributed by atoms with Gasteiger partial charge in [-0.2, -0.15) is 0 Å². The molecule has 0 bridgehead atoms. The molecule has 5 rings (SSSR count). The molecule has 3 unspecified atom stereocenters. The van der Waals surface area contributed by atoms with Crippen molar-refractivity contribution < 1.29 is 5.11 Å². The van der Waals surface area contributed by atoms with E-state index in [-0.39, 0.29) is 17.8 Å². The maximum Gasteiger partial charge on any atom is 0.160 e. The summed E-state index contributed by atoms with van der Waals surface area (Å²) in [4.78, 5) is 12.3. The predicted octanol–water partition coefficient (Wildman–Crippen LogP) is 5.17. The van der Waals surface area contributed by atoms with Crippen LogP contribution in [-0.4, -0.2) is 36.5 Å². The van der Waals surface area contributed by atoms with E-state index in [1.165, 1.54) is 17.0 Å². The Balaban J connectivity index is 1.63.